The van der Waals surface area contributed by atoms with Gasteiger partial charge in [0.15, 0.2) is 0 Å². The van der Waals surface area contributed by atoms with Gasteiger partial charge < -0.3 is 10.0 Å². The SMILES string of the molecule is CC1CC1C(=O)N1CC2CC1C2C(=O)O. The molecule has 2 heterocycles. The second kappa shape index (κ2) is 2.74. The molecule has 4 rings (SSSR count). The van der Waals surface area contributed by atoms with Crippen molar-refractivity contribution in [3.63, 3.8) is 0 Å². The lowest BCUT2D eigenvalue weighted by Crippen LogP contribution is -2.45. The molecule has 5 atom stereocenters. The zero-order chi connectivity index (χ0) is 10.7. The topological polar surface area (TPSA) is 57.6 Å². The van der Waals surface area contributed by atoms with E-state index in [-0.39, 0.29) is 29.7 Å². The van der Waals surface area contributed by atoms with Gasteiger partial charge in [-0.05, 0) is 24.7 Å². The summed E-state index contributed by atoms with van der Waals surface area (Å²) in [6.07, 6.45) is 1.90. The molecule has 0 aromatic heterocycles. The molecular formula is C11H15NO3. The average Bonchev–Trinajstić information content (AvgIpc) is 2.64. The van der Waals surface area contributed by atoms with Gasteiger partial charge in [0.05, 0.1) is 5.92 Å². The van der Waals surface area contributed by atoms with Crippen LogP contribution in [-0.4, -0.2) is 34.5 Å². The number of hydrogen-bond donors (Lipinski definition) is 1. The van der Waals surface area contributed by atoms with Crippen molar-refractivity contribution in [2.75, 3.05) is 6.54 Å². The molecule has 4 heteroatoms. The zero-order valence-corrected chi connectivity index (χ0v) is 8.72. The summed E-state index contributed by atoms with van der Waals surface area (Å²) in [4.78, 5) is 24.7. The molecule has 4 fully saturated rings. The summed E-state index contributed by atoms with van der Waals surface area (Å²) in [5.74, 6) is 0.139. The molecule has 2 bridgehead atoms. The minimum absolute atomic E-state index is 0.00722. The molecule has 2 saturated carbocycles. The van der Waals surface area contributed by atoms with Gasteiger partial charge in [-0.1, -0.05) is 6.92 Å². The predicted octanol–water partition coefficient (Wildman–Crippen LogP) is 0.574. The molecule has 0 radical (unpaired) electrons. The fourth-order valence-electron chi connectivity index (χ4n) is 3.12. The lowest BCUT2D eigenvalue weighted by molar-refractivity contribution is -0.148. The van der Waals surface area contributed by atoms with E-state index in [0.29, 0.717) is 12.5 Å². The molecule has 0 aromatic rings. The normalized spacial score (nSPS) is 46.2. The third kappa shape index (κ3) is 1.13. The van der Waals surface area contributed by atoms with Gasteiger partial charge in [-0.25, -0.2) is 0 Å². The van der Waals surface area contributed by atoms with Crippen molar-refractivity contribution < 1.29 is 14.7 Å². The van der Waals surface area contributed by atoms with Crippen molar-refractivity contribution >= 4 is 11.9 Å². The van der Waals surface area contributed by atoms with Crippen LogP contribution in [-0.2, 0) is 9.59 Å². The van der Waals surface area contributed by atoms with E-state index in [9.17, 15) is 9.59 Å². The monoisotopic (exact) mass is 209 g/mol. The van der Waals surface area contributed by atoms with E-state index < -0.39 is 5.97 Å². The van der Waals surface area contributed by atoms with Gasteiger partial charge in [-0.15, -0.1) is 0 Å². The average molecular weight is 209 g/mol. The fourth-order valence-corrected chi connectivity index (χ4v) is 3.12. The number of carboxylic acid groups (broad SMARTS) is 1. The Morgan fingerprint density at radius 1 is 1.33 bits per heavy atom. The Balaban J connectivity index is 1.71. The summed E-state index contributed by atoms with van der Waals surface area (Å²) in [5.41, 5.74) is 0. The second-order valence-electron chi connectivity index (χ2n) is 5.24. The molecular weight excluding hydrogens is 194 g/mol. The van der Waals surface area contributed by atoms with Crippen LogP contribution in [0.3, 0.4) is 0 Å². The smallest absolute Gasteiger partial charge is 0.308 e. The largest absolute Gasteiger partial charge is 0.481 e. The Kier molecular flexibility index (Phi) is 1.68. The molecule has 0 aromatic carbocycles. The lowest BCUT2D eigenvalue weighted by Gasteiger charge is -2.33. The standard InChI is InChI=1S/C11H15NO3/c1-5-2-7(5)10(13)12-4-6-3-8(12)9(6)11(14)15/h5-9H,2-4H2,1H3,(H,14,15). The van der Waals surface area contributed by atoms with Crippen LogP contribution in [0.15, 0.2) is 0 Å². The first-order valence-corrected chi connectivity index (χ1v) is 5.63. The molecule has 4 nitrogen and oxygen atoms in total. The van der Waals surface area contributed by atoms with Gasteiger partial charge in [0.2, 0.25) is 5.91 Å². The highest BCUT2D eigenvalue weighted by Gasteiger charge is 2.59. The summed E-state index contributed by atoms with van der Waals surface area (Å²) < 4.78 is 0. The molecule has 1 amide bonds. The van der Waals surface area contributed by atoms with E-state index >= 15 is 0 Å². The molecule has 15 heavy (non-hydrogen) atoms. The van der Waals surface area contributed by atoms with Crippen molar-refractivity contribution in [2.24, 2.45) is 23.7 Å². The van der Waals surface area contributed by atoms with Gasteiger partial charge in [-0.2, -0.15) is 0 Å². The van der Waals surface area contributed by atoms with Crippen LogP contribution in [0, 0.1) is 23.7 Å². The number of amides is 1. The minimum Gasteiger partial charge on any atom is -0.481 e. The molecule has 2 aliphatic carbocycles. The van der Waals surface area contributed by atoms with Crippen LogP contribution < -0.4 is 0 Å². The molecule has 4 aliphatic rings. The summed E-state index contributed by atoms with van der Waals surface area (Å²) in [6, 6.07) is 0.00722. The van der Waals surface area contributed by atoms with Gasteiger partial charge in [0.1, 0.15) is 0 Å². The summed E-state index contributed by atoms with van der Waals surface area (Å²) in [7, 11) is 0. The molecule has 0 spiro atoms. The maximum absolute atomic E-state index is 12.0. The third-order valence-electron chi connectivity index (χ3n) is 4.29. The molecule has 5 unspecified atom stereocenters. The number of nitrogens with zero attached hydrogens (tertiary/aromatic N) is 1. The second-order valence-corrected chi connectivity index (χ2v) is 5.24. The maximum atomic E-state index is 12.0. The number of carbonyl (C=O) groups is 2. The van der Waals surface area contributed by atoms with Gasteiger partial charge in [0.25, 0.3) is 0 Å². The summed E-state index contributed by atoms with van der Waals surface area (Å²) >= 11 is 0. The van der Waals surface area contributed by atoms with Crippen LogP contribution in [0.5, 0.6) is 0 Å². The number of carbonyl (C=O) groups excluding carboxylic acids is 1. The predicted molar refractivity (Wildman–Crippen MR) is 52.0 cm³/mol. The van der Waals surface area contributed by atoms with Crippen molar-refractivity contribution in [1.29, 1.82) is 0 Å². The number of rotatable bonds is 2. The Morgan fingerprint density at radius 2 is 2.00 bits per heavy atom. The van der Waals surface area contributed by atoms with Gasteiger partial charge in [0, 0.05) is 18.5 Å². The van der Waals surface area contributed by atoms with Crippen LogP contribution in [0.25, 0.3) is 0 Å². The number of aliphatic carboxylic acids is 1. The van der Waals surface area contributed by atoms with Crippen molar-refractivity contribution in [1.82, 2.24) is 4.90 Å². The first-order valence-electron chi connectivity index (χ1n) is 5.63. The Morgan fingerprint density at radius 3 is 2.47 bits per heavy atom. The van der Waals surface area contributed by atoms with Crippen molar-refractivity contribution in [3.8, 4) is 0 Å². The molecule has 2 saturated heterocycles. The van der Waals surface area contributed by atoms with Crippen LogP contribution in [0.1, 0.15) is 19.8 Å². The Bertz CT molecular complexity index is 341. The van der Waals surface area contributed by atoms with E-state index in [1.54, 1.807) is 0 Å². The highest BCUT2D eigenvalue weighted by Crippen LogP contribution is 2.49. The Labute approximate surface area is 88.2 Å². The van der Waals surface area contributed by atoms with E-state index in [1.165, 1.54) is 0 Å². The van der Waals surface area contributed by atoms with Crippen LogP contribution in [0.2, 0.25) is 0 Å². The highest BCUT2D eigenvalue weighted by molar-refractivity contribution is 5.84. The molecule has 1 N–H and O–H groups in total. The maximum Gasteiger partial charge on any atom is 0.308 e. The van der Waals surface area contributed by atoms with Gasteiger partial charge >= 0.3 is 5.97 Å². The van der Waals surface area contributed by atoms with Crippen molar-refractivity contribution in [2.45, 2.75) is 25.8 Å². The molecule has 82 valence electrons. The van der Waals surface area contributed by atoms with Crippen LogP contribution >= 0.6 is 0 Å². The van der Waals surface area contributed by atoms with Gasteiger partial charge in [-0.3, -0.25) is 9.59 Å². The summed E-state index contributed by atoms with van der Waals surface area (Å²) in [5, 5.41) is 8.98. The van der Waals surface area contributed by atoms with E-state index in [4.69, 9.17) is 5.11 Å². The first kappa shape index (κ1) is 9.19. The Hall–Kier alpha value is -1.06. The minimum atomic E-state index is -0.726. The van der Waals surface area contributed by atoms with Crippen molar-refractivity contribution in [3.05, 3.63) is 0 Å². The summed E-state index contributed by atoms with van der Waals surface area (Å²) in [6.45, 7) is 2.77. The first-order chi connectivity index (χ1) is 7.09. The van der Waals surface area contributed by atoms with E-state index in [0.717, 1.165) is 12.8 Å². The lowest BCUT2D eigenvalue weighted by atomic mass is 9.74. The quantitative estimate of drug-likeness (QED) is 0.723. The fraction of sp³-hybridized carbons (Fsp3) is 0.818. The van der Waals surface area contributed by atoms with Crippen LogP contribution in [0.4, 0.5) is 0 Å². The third-order valence-corrected chi connectivity index (χ3v) is 4.29. The van der Waals surface area contributed by atoms with E-state index in [2.05, 4.69) is 6.92 Å². The highest BCUT2D eigenvalue weighted by atomic mass is 16.4. The molecule has 2 aliphatic heterocycles. The van der Waals surface area contributed by atoms with E-state index in [1.807, 2.05) is 4.90 Å². The number of hydrogen-bond acceptors (Lipinski definition) is 2. The number of carboxylic acids is 1. The zero-order valence-electron chi connectivity index (χ0n) is 8.72. The number of fused-ring (bicyclic) bond motifs is 1.